The maximum atomic E-state index is 13.6. The fourth-order valence-electron chi connectivity index (χ4n) is 7.67. The Labute approximate surface area is 314 Å². The Hall–Kier alpha value is -3.62. The highest BCUT2D eigenvalue weighted by Gasteiger charge is 2.41. The maximum Gasteiger partial charge on any atom is 0.243 e. The molecule has 4 N–H and O–H groups in total. The van der Waals surface area contributed by atoms with Crippen LogP contribution in [0, 0.1) is 17.8 Å². The minimum absolute atomic E-state index is 0.0300. The average molecular weight is 767 g/mol. The predicted molar refractivity (Wildman–Crippen MR) is 208 cm³/mol. The van der Waals surface area contributed by atoms with Gasteiger partial charge in [0.05, 0.1) is 29.0 Å². The summed E-state index contributed by atoms with van der Waals surface area (Å²) in [6, 6.07) is 19.5. The van der Waals surface area contributed by atoms with Gasteiger partial charge in [0.2, 0.25) is 21.8 Å². The van der Waals surface area contributed by atoms with Crippen LogP contribution >= 0.6 is 0 Å². The lowest BCUT2D eigenvalue weighted by molar-refractivity contribution is -0.132. The molecule has 5 rings (SSSR count). The Morgan fingerprint density at radius 1 is 0.925 bits per heavy atom. The number of sulfonamides is 1. The summed E-state index contributed by atoms with van der Waals surface area (Å²) in [5.74, 6) is -1.27. The smallest absolute Gasteiger partial charge is 0.243 e. The van der Waals surface area contributed by atoms with Crippen molar-refractivity contribution in [2.24, 2.45) is 17.8 Å². The summed E-state index contributed by atoms with van der Waals surface area (Å²) < 4.78 is 53.7. The van der Waals surface area contributed by atoms with Crippen LogP contribution in [-0.2, 0) is 35.9 Å². The fraction of sp³-hybridized carbons (Fsp3) is 0.500. The number of hydrogen-bond acceptors (Lipinski definition) is 8. The first kappa shape index (κ1) is 40.6. The summed E-state index contributed by atoms with van der Waals surface area (Å²) >= 11 is 0. The van der Waals surface area contributed by atoms with Gasteiger partial charge >= 0.3 is 0 Å². The molecule has 2 fully saturated rings. The average Bonchev–Trinajstić information content (AvgIpc) is 3.09. The molecule has 1 aliphatic heterocycles. The van der Waals surface area contributed by atoms with Crippen LogP contribution in [-0.4, -0.2) is 87.5 Å². The number of β-amino-alcohol motifs (C(OH)–C–C–N with tert-alkyl or cyclic N) is 1. The summed E-state index contributed by atoms with van der Waals surface area (Å²) in [7, 11) is -8.08. The number of carbonyl (C=O) groups is 2. The second-order valence-electron chi connectivity index (χ2n) is 15.8. The van der Waals surface area contributed by atoms with Gasteiger partial charge in [-0.25, -0.2) is 21.6 Å². The molecule has 0 radical (unpaired) electrons. The van der Waals surface area contributed by atoms with Gasteiger partial charge in [0, 0.05) is 30.7 Å². The normalized spacial score (nSPS) is 21.8. The highest BCUT2D eigenvalue weighted by molar-refractivity contribution is 7.91. The molecule has 1 saturated heterocycles. The Bertz CT molecular complexity index is 1980. The third-order valence-electron chi connectivity index (χ3n) is 10.2. The Morgan fingerprint density at radius 2 is 1.58 bits per heavy atom. The van der Waals surface area contributed by atoms with Gasteiger partial charge < -0.3 is 15.7 Å². The van der Waals surface area contributed by atoms with Crippen LogP contribution < -0.4 is 15.4 Å². The Balaban J connectivity index is 1.34. The van der Waals surface area contributed by atoms with E-state index in [1.165, 1.54) is 24.8 Å². The van der Waals surface area contributed by atoms with E-state index in [4.69, 9.17) is 0 Å². The molecule has 0 aromatic heterocycles. The van der Waals surface area contributed by atoms with Crippen molar-refractivity contribution < 1.29 is 31.5 Å². The molecular formula is C40H54N4O7S2. The predicted octanol–water partition coefficient (Wildman–Crippen LogP) is 4.18. The first-order chi connectivity index (χ1) is 25.0. The van der Waals surface area contributed by atoms with Crippen molar-refractivity contribution in [1.29, 1.82) is 0 Å². The van der Waals surface area contributed by atoms with Gasteiger partial charge in [0.1, 0.15) is 6.04 Å². The van der Waals surface area contributed by atoms with Crippen LogP contribution in [0.25, 0.3) is 10.8 Å². The molecule has 3 aromatic rings. The summed E-state index contributed by atoms with van der Waals surface area (Å²) in [6.07, 6.45) is 8.65. The van der Waals surface area contributed by atoms with Gasteiger partial charge in [-0.15, -0.1) is 0 Å². The number of hydrogen-bond donors (Lipinski definition) is 4. The molecule has 0 bridgehead atoms. The third-order valence-corrected chi connectivity index (χ3v) is 12.7. The molecule has 2 aliphatic rings. The quantitative estimate of drug-likeness (QED) is 0.190. The highest BCUT2D eigenvalue weighted by Crippen LogP contribution is 2.39. The monoisotopic (exact) mass is 766 g/mol. The summed E-state index contributed by atoms with van der Waals surface area (Å²) in [6.45, 7) is 6.83. The van der Waals surface area contributed by atoms with Crippen LogP contribution in [0.1, 0.15) is 58.4 Å². The van der Waals surface area contributed by atoms with Crippen molar-refractivity contribution in [1.82, 2.24) is 20.3 Å². The van der Waals surface area contributed by atoms with Crippen LogP contribution in [0.2, 0.25) is 0 Å². The third kappa shape index (κ3) is 11.7. The molecule has 288 valence electrons. The van der Waals surface area contributed by atoms with E-state index in [9.17, 15) is 31.5 Å². The summed E-state index contributed by atoms with van der Waals surface area (Å²) in [4.78, 5) is 29.2. The van der Waals surface area contributed by atoms with E-state index in [1.807, 2.05) is 63.2 Å². The number of nitrogens with one attached hydrogen (secondary N) is 3. The van der Waals surface area contributed by atoms with Crippen molar-refractivity contribution in [2.75, 3.05) is 25.1 Å². The summed E-state index contributed by atoms with van der Waals surface area (Å²) in [5.41, 5.74) is 0.554. The topological polar surface area (TPSA) is 162 Å². The van der Waals surface area contributed by atoms with E-state index in [0.29, 0.717) is 30.2 Å². The first-order valence-corrected chi connectivity index (χ1v) is 22.0. The van der Waals surface area contributed by atoms with Crippen molar-refractivity contribution in [2.45, 2.75) is 87.9 Å². The molecule has 53 heavy (non-hydrogen) atoms. The number of likely N-dealkylation sites (tertiary alicyclic amines) is 1. The van der Waals surface area contributed by atoms with Gasteiger partial charge in [-0.3, -0.25) is 14.5 Å². The SMILES string of the molecule is CC(C)(C)NC(=O)[C@@H]1C[C@@H]2CCCC[C@@H]2CN1C[C@H](O)[C@@H](/C=C/NC(=O)[C@@H](CS(=O)(=O)c1ccc2ccccc2c1)NS(C)(=O)=O)Cc1ccccc1. The van der Waals surface area contributed by atoms with Crippen molar-refractivity contribution in [3.05, 3.63) is 90.6 Å². The van der Waals surface area contributed by atoms with Crippen LogP contribution in [0.4, 0.5) is 0 Å². The lowest BCUT2D eigenvalue weighted by Gasteiger charge is -2.47. The molecule has 11 nitrogen and oxygen atoms in total. The molecule has 0 spiro atoms. The number of nitrogens with zero attached hydrogens (tertiary/aromatic N) is 1. The molecule has 6 atom stereocenters. The number of fused-ring (bicyclic) bond motifs is 2. The number of sulfone groups is 1. The van der Waals surface area contributed by atoms with E-state index in [-0.39, 0.29) is 23.4 Å². The molecule has 0 unspecified atom stereocenters. The van der Waals surface area contributed by atoms with E-state index < -0.39 is 55.1 Å². The van der Waals surface area contributed by atoms with Crippen LogP contribution in [0.15, 0.2) is 90.0 Å². The van der Waals surface area contributed by atoms with Crippen LogP contribution in [0.3, 0.4) is 0 Å². The molecule has 2 amide bonds. The lowest BCUT2D eigenvalue weighted by atomic mass is 9.72. The Morgan fingerprint density at radius 3 is 2.26 bits per heavy atom. The van der Waals surface area contributed by atoms with Crippen molar-refractivity contribution in [3.8, 4) is 0 Å². The summed E-state index contributed by atoms with van der Waals surface area (Å²) in [5, 5.41) is 19.1. The zero-order chi connectivity index (χ0) is 38.4. The number of piperidine rings is 1. The van der Waals surface area contributed by atoms with Crippen LogP contribution in [0.5, 0.6) is 0 Å². The zero-order valence-corrected chi connectivity index (χ0v) is 32.7. The van der Waals surface area contributed by atoms with E-state index in [1.54, 1.807) is 24.3 Å². The highest BCUT2D eigenvalue weighted by atomic mass is 32.2. The minimum atomic E-state index is -4.10. The molecule has 1 aliphatic carbocycles. The minimum Gasteiger partial charge on any atom is -0.391 e. The molecule has 13 heteroatoms. The lowest BCUT2D eigenvalue weighted by Crippen LogP contribution is -2.59. The fourth-order valence-corrected chi connectivity index (χ4v) is 9.93. The number of rotatable bonds is 14. The van der Waals surface area contributed by atoms with Gasteiger partial charge in [-0.05, 0) is 80.3 Å². The number of aliphatic hydroxyl groups excluding tert-OH is 1. The number of aliphatic hydroxyl groups is 1. The standard InChI is InChI=1S/C40H54N4O7S2/c1-40(2,3)42-39(47)36-24-31-16-10-11-17-33(31)25-44(36)26-37(45)32(22-28-12-6-5-7-13-28)20-21-41-38(46)35(43-52(4,48)49)27-53(50,51)34-19-18-29-14-8-9-15-30(29)23-34/h5-9,12-15,18-21,23,31-33,35-37,43,45H,10-11,16-17,22,24-27H2,1-4H3,(H,41,46)(H,42,47)/b21-20+/t31-,32-,33+,35+,36-,37-/m0/s1. The molecule has 1 heterocycles. The molecular weight excluding hydrogens is 713 g/mol. The van der Waals surface area contributed by atoms with Gasteiger partial charge in [-0.1, -0.05) is 86.0 Å². The van der Waals surface area contributed by atoms with E-state index in [0.717, 1.165) is 42.9 Å². The van der Waals surface area contributed by atoms with Gasteiger partial charge in [-0.2, -0.15) is 0 Å². The van der Waals surface area contributed by atoms with Crippen molar-refractivity contribution >= 4 is 42.4 Å². The Kier molecular flexibility index (Phi) is 13.2. The molecule has 3 aromatic carbocycles. The number of carbonyl (C=O) groups excluding carboxylic acids is 2. The largest absolute Gasteiger partial charge is 0.391 e. The van der Waals surface area contributed by atoms with E-state index in [2.05, 4.69) is 20.3 Å². The maximum absolute atomic E-state index is 13.6. The van der Waals surface area contributed by atoms with Gasteiger partial charge in [0.25, 0.3) is 0 Å². The van der Waals surface area contributed by atoms with Gasteiger partial charge in [0.15, 0.2) is 9.84 Å². The second-order valence-corrected chi connectivity index (χ2v) is 19.6. The second kappa shape index (κ2) is 17.2. The van der Waals surface area contributed by atoms with Crippen molar-refractivity contribution in [3.63, 3.8) is 0 Å². The first-order valence-electron chi connectivity index (χ1n) is 18.4. The zero-order valence-electron chi connectivity index (χ0n) is 31.1. The number of amides is 2. The number of benzene rings is 3. The molecule has 1 saturated carbocycles. The van der Waals surface area contributed by atoms with E-state index >= 15 is 0 Å².